The van der Waals surface area contributed by atoms with Crippen LogP contribution in [0.3, 0.4) is 0 Å². The molecule has 0 radical (unpaired) electrons. The number of aliphatic hydroxyl groups is 1. The van der Waals surface area contributed by atoms with Crippen LogP contribution in [0.4, 0.5) is 5.69 Å². The molecular formula is C23H25IN4O6S2. The number of aliphatic hydroxyl groups excluding tert-OH is 1. The molecule has 0 spiro atoms. The van der Waals surface area contributed by atoms with Crippen molar-refractivity contribution >= 4 is 41.1 Å². The number of ether oxygens (including phenoxy) is 1. The monoisotopic (exact) mass is 644 g/mol. The smallest absolute Gasteiger partial charge is 0.357 e. The Bertz CT molecular complexity index is 1230. The molecule has 3 aliphatic rings. The molecule has 1 fully saturated rings. The first-order valence-corrected chi connectivity index (χ1v) is 13.0. The Balaban J connectivity index is 0.00000304. The number of halogens is 1. The summed E-state index contributed by atoms with van der Waals surface area (Å²) in [5.74, 6) is -0.236. The Morgan fingerprint density at radius 3 is 2.78 bits per heavy atom. The molecule has 0 saturated carbocycles. The van der Waals surface area contributed by atoms with Crippen molar-refractivity contribution < 1.29 is 52.9 Å². The first-order valence-electron chi connectivity index (χ1n) is 11.3. The molecule has 5 rings (SSSR count). The van der Waals surface area contributed by atoms with Gasteiger partial charge in [-0.2, -0.15) is 0 Å². The molecule has 192 valence electrons. The summed E-state index contributed by atoms with van der Waals surface area (Å²) in [6.07, 6.45) is 5.06. The number of aryl methyl sites for hydroxylation is 2. The molecule has 36 heavy (non-hydrogen) atoms. The number of imidazole rings is 1. The van der Waals surface area contributed by atoms with E-state index >= 15 is 0 Å². The Hall–Kier alpha value is -2.10. The van der Waals surface area contributed by atoms with Crippen molar-refractivity contribution in [2.24, 2.45) is 13.0 Å². The Morgan fingerprint density at radius 2 is 2.11 bits per heavy atom. The lowest BCUT2D eigenvalue weighted by atomic mass is 9.92. The molecule has 0 aliphatic carbocycles. The quantitative estimate of drug-likeness (QED) is 0.103. The highest BCUT2D eigenvalue weighted by atomic mass is 127. The number of carbonyl (C=O) groups excluding carboxylic acids is 2. The lowest BCUT2D eigenvalue weighted by Crippen LogP contribution is -3.00. The molecule has 4 atom stereocenters. The fourth-order valence-corrected chi connectivity index (χ4v) is 7.91. The van der Waals surface area contributed by atoms with Gasteiger partial charge in [0.15, 0.2) is 5.70 Å². The van der Waals surface area contributed by atoms with Crippen LogP contribution in [-0.2, 0) is 40.9 Å². The first kappa shape index (κ1) is 26.9. The molecule has 0 bridgehead atoms. The molecule has 1 unspecified atom stereocenters. The van der Waals surface area contributed by atoms with Gasteiger partial charge in [0, 0.05) is 17.4 Å². The summed E-state index contributed by atoms with van der Waals surface area (Å²) in [7, 11) is 2.02. The van der Waals surface area contributed by atoms with Gasteiger partial charge >= 0.3 is 5.97 Å². The van der Waals surface area contributed by atoms with Gasteiger partial charge in [-0.15, -0.1) is 11.8 Å². The number of benzene rings is 1. The zero-order valence-electron chi connectivity index (χ0n) is 19.6. The molecule has 1 amide bonds. The third kappa shape index (κ3) is 4.89. The van der Waals surface area contributed by atoms with Crippen LogP contribution in [0.5, 0.6) is 0 Å². The van der Waals surface area contributed by atoms with Crippen molar-refractivity contribution in [1.82, 2.24) is 9.47 Å². The van der Waals surface area contributed by atoms with Crippen molar-refractivity contribution in [3.8, 4) is 0 Å². The third-order valence-corrected chi connectivity index (χ3v) is 9.43. The molecule has 4 heterocycles. The number of non-ortho nitro benzene ring substituents is 1. The highest BCUT2D eigenvalue weighted by molar-refractivity contribution is 8.23. The van der Waals surface area contributed by atoms with E-state index in [-0.39, 0.29) is 58.5 Å². The summed E-state index contributed by atoms with van der Waals surface area (Å²) < 4.78 is 10.6. The predicted octanol–water partition coefficient (Wildman–Crippen LogP) is -0.903. The number of fused-ring (bicyclic) bond motifs is 2. The number of β-lactam (4-membered cyclic amide) rings is 1. The minimum atomic E-state index is -0.810. The average molecular weight is 645 g/mol. The van der Waals surface area contributed by atoms with E-state index in [1.54, 1.807) is 18.7 Å². The number of nitro groups is 1. The van der Waals surface area contributed by atoms with E-state index in [1.807, 2.05) is 13.2 Å². The van der Waals surface area contributed by atoms with Crippen molar-refractivity contribution in [2.45, 2.75) is 49.6 Å². The molecule has 13 heteroatoms. The summed E-state index contributed by atoms with van der Waals surface area (Å²) in [6, 6.07) is 5.79. The zero-order chi connectivity index (χ0) is 24.9. The maximum Gasteiger partial charge on any atom is 0.357 e. The van der Waals surface area contributed by atoms with Gasteiger partial charge in [-0.05, 0) is 31.0 Å². The lowest BCUT2D eigenvalue weighted by Gasteiger charge is -2.43. The summed E-state index contributed by atoms with van der Waals surface area (Å²) >= 11 is 3.04. The van der Waals surface area contributed by atoms with Crippen molar-refractivity contribution in [1.29, 1.82) is 0 Å². The molecule has 1 N–H and O–H groups in total. The van der Waals surface area contributed by atoms with Crippen LogP contribution in [-0.4, -0.2) is 48.1 Å². The second-order valence-electron chi connectivity index (χ2n) is 8.87. The summed E-state index contributed by atoms with van der Waals surface area (Å²) in [4.78, 5) is 37.8. The highest BCUT2D eigenvalue weighted by Gasteiger charge is 2.58. The van der Waals surface area contributed by atoms with Gasteiger partial charge in [0.1, 0.15) is 24.4 Å². The van der Waals surface area contributed by atoms with Gasteiger partial charge in [-0.25, -0.2) is 13.9 Å². The first-order chi connectivity index (χ1) is 16.7. The number of esters is 1. The zero-order valence-corrected chi connectivity index (χ0v) is 23.4. The maximum absolute atomic E-state index is 13.2. The van der Waals surface area contributed by atoms with Crippen LogP contribution < -0.4 is 28.5 Å². The molecule has 1 saturated heterocycles. The number of rotatable bonds is 7. The SMILES string of the molecule is C[C@@H](O)[C@H]1C(=O)N2C(C(=O)OCc3ccc([N+](=O)[O-])cc3)=C(SC3CCn4cc[n+](C)c4C3)S[C@H]12.[I-]. The fourth-order valence-electron chi connectivity index (χ4n) is 4.62. The van der Waals surface area contributed by atoms with E-state index in [0.717, 1.165) is 23.6 Å². The summed E-state index contributed by atoms with van der Waals surface area (Å²) in [5.41, 5.74) is 0.802. The number of nitro benzene ring substituents is 1. The minimum Gasteiger partial charge on any atom is -1.00 e. The van der Waals surface area contributed by atoms with Crippen molar-refractivity contribution in [2.75, 3.05) is 0 Å². The molecule has 1 aromatic carbocycles. The third-order valence-electron chi connectivity index (χ3n) is 6.56. The average Bonchev–Trinajstić information content (AvgIpc) is 3.35. The molecule has 1 aromatic heterocycles. The van der Waals surface area contributed by atoms with Gasteiger partial charge in [-0.3, -0.25) is 19.8 Å². The number of hydrogen-bond acceptors (Lipinski definition) is 8. The van der Waals surface area contributed by atoms with E-state index < -0.39 is 22.9 Å². The topological polar surface area (TPSA) is 119 Å². The van der Waals surface area contributed by atoms with Crippen molar-refractivity contribution in [3.05, 3.63) is 68.1 Å². The van der Waals surface area contributed by atoms with Crippen LogP contribution in [0.1, 0.15) is 24.7 Å². The van der Waals surface area contributed by atoms with Crippen LogP contribution in [0.2, 0.25) is 0 Å². The number of hydrogen-bond donors (Lipinski definition) is 1. The van der Waals surface area contributed by atoms with Crippen LogP contribution in [0, 0.1) is 16.0 Å². The number of carbonyl (C=O) groups is 2. The Morgan fingerprint density at radius 1 is 1.39 bits per heavy atom. The minimum absolute atomic E-state index is 0. The highest BCUT2D eigenvalue weighted by Crippen LogP contribution is 2.55. The molecule has 2 aromatic rings. The van der Waals surface area contributed by atoms with Crippen LogP contribution >= 0.6 is 23.5 Å². The van der Waals surface area contributed by atoms with Gasteiger partial charge in [0.05, 0.1) is 41.2 Å². The standard InChI is InChI=1S/C23H25N4O6S2.HI/c1-13(28)18-20(29)26-19(22(30)33-12-14-3-5-15(6-4-14)27(31)32)23(35-21(18)26)34-16-7-8-25-10-9-24(2)17(25)11-16;/h3-6,9-10,13,16,18,21,28H,7-8,11-12H2,1-2H3;1H/q+1;/p-1/t13-,16?,18+,21-;/m1./s1. The molecule has 3 aliphatic heterocycles. The lowest BCUT2D eigenvalue weighted by molar-refractivity contribution is -0.679. The van der Waals surface area contributed by atoms with Gasteiger partial charge in [0.25, 0.3) is 11.5 Å². The second kappa shape index (κ2) is 10.7. The van der Waals surface area contributed by atoms with Crippen molar-refractivity contribution in [3.63, 3.8) is 0 Å². The number of aromatic nitrogens is 2. The molecular weight excluding hydrogens is 619 g/mol. The van der Waals surface area contributed by atoms with E-state index in [4.69, 9.17) is 4.74 Å². The Kier molecular flexibility index (Phi) is 8.02. The molecule has 10 nitrogen and oxygen atoms in total. The van der Waals surface area contributed by atoms with E-state index in [2.05, 4.69) is 15.3 Å². The second-order valence-corrected chi connectivity index (χ2v) is 11.6. The van der Waals surface area contributed by atoms with Gasteiger partial charge in [0.2, 0.25) is 5.91 Å². The number of thioether (sulfide) groups is 2. The van der Waals surface area contributed by atoms with Crippen LogP contribution in [0.25, 0.3) is 0 Å². The maximum atomic E-state index is 13.2. The normalized spacial score (nSPS) is 23.4. The van der Waals surface area contributed by atoms with Gasteiger partial charge in [-0.1, -0.05) is 11.8 Å². The Labute approximate surface area is 233 Å². The van der Waals surface area contributed by atoms with Crippen LogP contribution in [0.15, 0.2) is 46.6 Å². The summed E-state index contributed by atoms with van der Waals surface area (Å²) in [5, 5.41) is 20.9. The fraction of sp³-hybridized carbons (Fsp3) is 0.435. The van der Waals surface area contributed by atoms with Gasteiger partial charge < -0.3 is 33.8 Å². The van der Waals surface area contributed by atoms with E-state index in [9.17, 15) is 24.8 Å². The predicted molar refractivity (Wildman–Crippen MR) is 129 cm³/mol. The number of amides is 1. The van der Waals surface area contributed by atoms with E-state index in [0.29, 0.717) is 5.56 Å². The summed E-state index contributed by atoms with van der Waals surface area (Å²) in [6.45, 7) is 2.41. The number of nitrogens with zero attached hydrogens (tertiary/aromatic N) is 4. The van der Waals surface area contributed by atoms with E-state index in [1.165, 1.54) is 46.8 Å². The largest absolute Gasteiger partial charge is 1.00 e.